The maximum absolute atomic E-state index is 14.2. The predicted octanol–water partition coefficient (Wildman–Crippen LogP) is 3.71. The van der Waals surface area contributed by atoms with Gasteiger partial charge >= 0.3 is 0 Å². The number of nitrogens with one attached hydrogen (secondary N) is 2. The molecule has 0 radical (unpaired) electrons. The Balaban J connectivity index is 1.51. The molecule has 7 nitrogen and oxygen atoms in total. The molecule has 2 N–H and O–H groups in total. The molecule has 0 unspecified atom stereocenters. The third kappa shape index (κ3) is 3.42. The lowest BCUT2D eigenvalue weighted by Gasteiger charge is -2.25. The van der Waals surface area contributed by atoms with Crippen LogP contribution in [0.25, 0.3) is 0 Å². The topological polar surface area (TPSA) is 89.0 Å². The summed E-state index contributed by atoms with van der Waals surface area (Å²) in [6, 6.07) is 4.09. The van der Waals surface area contributed by atoms with E-state index in [9.17, 15) is 14.0 Å². The molecule has 4 rings (SSSR count). The van der Waals surface area contributed by atoms with E-state index in [2.05, 4.69) is 15.4 Å². The van der Waals surface area contributed by atoms with Crippen LogP contribution in [0.2, 0.25) is 10.0 Å². The lowest BCUT2D eigenvalue weighted by atomic mass is 10.0. The van der Waals surface area contributed by atoms with Gasteiger partial charge in [0.25, 0.3) is 5.91 Å². The second-order valence-electron chi connectivity index (χ2n) is 6.20. The zero-order chi connectivity index (χ0) is 19.8. The lowest BCUT2D eigenvalue weighted by Crippen LogP contribution is -2.30. The summed E-state index contributed by atoms with van der Waals surface area (Å²) in [4.78, 5) is 27.7. The molecule has 0 aliphatic carbocycles. The third-order valence-electron chi connectivity index (χ3n) is 4.31. The Kier molecular flexibility index (Phi) is 4.92. The summed E-state index contributed by atoms with van der Waals surface area (Å²) in [6.45, 7) is 1.17. The number of aromatic nitrogens is 3. The van der Waals surface area contributed by atoms with Crippen molar-refractivity contribution in [2.45, 2.75) is 6.04 Å². The molecule has 1 aromatic carbocycles. The number of hydrogen-bond acceptors (Lipinski definition) is 4. The number of carbonyl (C=O) groups is 2. The van der Waals surface area contributed by atoms with Gasteiger partial charge in [-0.2, -0.15) is 5.10 Å². The van der Waals surface area contributed by atoms with Gasteiger partial charge in [-0.1, -0.05) is 23.2 Å². The second-order valence-corrected chi connectivity index (χ2v) is 7.02. The van der Waals surface area contributed by atoms with E-state index >= 15 is 0 Å². The molecule has 1 aliphatic heterocycles. The van der Waals surface area contributed by atoms with Crippen LogP contribution in [0.1, 0.15) is 32.5 Å². The fraction of sp³-hybridized carbons (Fsp3) is 0.167. The van der Waals surface area contributed by atoms with Crippen molar-refractivity contribution < 1.29 is 18.7 Å². The molecule has 3 heterocycles. The molecule has 1 fully saturated rings. The third-order valence-corrected chi connectivity index (χ3v) is 4.92. The number of nitrogens with zero attached hydrogens (tertiary/aromatic N) is 2. The van der Waals surface area contributed by atoms with Crippen molar-refractivity contribution in [1.82, 2.24) is 14.8 Å². The SMILES string of the molecule is O=C(Nc1cnn(C2COC2)c1)c1cc(C(=O)c2c(Cl)ccc(Cl)c2F)c[nH]1. The zero-order valence-corrected chi connectivity index (χ0v) is 15.7. The molecule has 2 aromatic heterocycles. The van der Waals surface area contributed by atoms with Crippen LogP contribution in [0.4, 0.5) is 10.1 Å². The fourth-order valence-corrected chi connectivity index (χ4v) is 3.10. The van der Waals surface area contributed by atoms with Crippen LogP contribution in [0, 0.1) is 5.82 Å². The average molecular weight is 423 g/mol. The molecular formula is C18H13Cl2FN4O3. The van der Waals surface area contributed by atoms with E-state index in [0.717, 1.165) is 0 Å². The maximum Gasteiger partial charge on any atom is 0.272 e. The Labute approximate surface area is 168 Å². The second kappa shape index (κ2) is 7.38. The van der Waals surface area contributed by atoms with Crippen LogP contribution in [0.5, 0.6) is 0 Å². The normalized spacial score (nSPS) is 14.0. The molecule has 0 spiro atoms. The number of aromatic amines is 1. The number of benzene rings is 1. The first-order chi connectivity index (χ1) is 13.4. The summed E-state index contributed by atoms with van der Waals surface area (Å²) in [5.74, 6) is -2.06. The van der Waals surface area contributed by atoms with Crippen molar-refractivity contribution in [3.8, 4) is 0 Å². The van der Waals surface area contributed by atoms with E-state index in [4.69, 9.17) is 27.9 Å². The van der Waals surface area contributed by atoms with Crippen molar-refractivity contribution in [1.29, 1.82) is 0 Å². The number of hydrogen-bond donors (Lipinski definition) is 2. The Morgan fingerprint density at radius 1 is 1.29 bits per heavy atom. The quantitative estimate of drug-likeness (QED) is 0.484. The van der Waals surface area contributed by atoms with E-state index in [-0.39, 0.29) is 32.9 Å². The molecule has 0 atom stereocenters. The molecule has 1 saturated heterocycles. The summed E-state index contributed by atoms with van der Waals surface area (Å²) in [7, 11) is 0. The largest absolute Gasteiger partial charge is 0.377 e. The van der Waals surface area contributed by atoms with Gasteiger partial charge in [0.1, 0.15) is 5.69 Å². The Bertz CT molecular complexity index is 1070. The predicted molar refractivity (Wildman–Crippen MR) is 101 cm³/mol. The van der Waals surface area contributed by atoms with Gasteiger partial charge in [0.15, 0.2) is 11.6 Å². The smallest absolute Gasteiger partial charge is 0.272 e. The van der Waals surface area contributed by atoms with Crippen molar-refractivity contribution >= 4 is 40.6 Å². The molecule has 10 heteroatoms. The standard InChI is InChI=1S/C18H13Cl2FN4O3/c19-12-1-2-13(20)16(21)15(12)17(26)9-3-14(22-4-9)18(27)24-10-5-23-25(6-10)11-7-28-8-11/h1-6,11,22H,7-8H2,(H,24,27). The van der Waals surface area contributed by atoms with Crippen LogP contribution in [0.15, 0.2) is 36.8 Å². The number of amides is 1. The van der Waals surface area contributed by atoms with E-state index in [1.807, 2.05) is 0 Å². The van der Waals surface area contributed by atoms with E-state index in [0.29, 0.717) is 18.9 Å². The fourth-order valence-electron chi connectivity index (χ4n) is 2.71. The molecule has 0 saturated carbocycles. The van der Waals surface area contributed by atoms with Gasteiger partial charge in [-0.15, -0.1) is 0 Å². The van der Waals surface area contributed by atoms with Crippen molar-refractivity contribution in [3.05, 3.63) is 69.5 Å². The van der Waals surface area contributed by atoms with E-state index in [1.54, 1.807) is 10.9 Å². The number of H-pyrrole nitrogens is 1. The molecule has 0 bridgehead atoms. The van der Waals surface area contributed by atoms with Gasteiger partial charge in [-0.25, -0.2) is 4.39 Å². The Hall–Kier alpha value is -2.68. The van der Waals surface area contributed by atoms with E-state index < -0.39 is 17.5 Å². The van der Waals surface area contributed by atoms with Crippen LogP contribution < -0.4 is 5.32 Å². The number of carbonyl (C=O) groups excluding carboxylic acids is 2. The monoisotopic (exact) mass is 422 g/mol. The van der Waals surface area contributed by atoms with Gasteiger partial charge in [-0.05, 0) is 18.2 Å². The molecular weight excluding hydrogens is 410 g/mol. The lowest BCUT2D eigenvalue weighted by molar-refractivity contribution is -0.0286. The average Bonchev–Trinajstić information content (AvgIpc) is 3.27. The highest BCUT2D eigenvalue weighted by Gasteiger charge is 2.23. The minimum Gasteiger partial charge on any atom is -0.377 e. The van der Waals surface area contributed by atoms with Crippen molar-refractivity contribution in [2.24, 2.45) is 0 Å². The minimum atomic E-state index is -0.904. The first-order valence-electron chi connectivity index (χ1n) is 8.24. The first-order valence-corrected chi connectivity index (χ1v) is 8.99. The minimum absolute atomic E-state index is 0.0634. The molecule has 1 amide bonds. The maximum atomic E-state index is 14.2. The van der Waals surface area contributed by atoms with Gasteiger partial charge in [0.2, 0.25) is 0 Å². The number of ether oxygens (including phenoxy) is 1. The van der Waals surface area contributed by atoms with Crippen molar-refractivity contribution in [3.63, 3.8) is 0 Å². The summed E-state index contributed by atoms with van der Waals surface area (Å²) < 4.78 is 21.0. The highest BCUT2D eigenvalue weighted by molar-refractivity contribution is 6.37. The summed E-state index contributed by atoms with van der Waals surface area (Å²) in [6.07, 6.45) is 4.52. The number of ketones is 1. The van der Waals surface area contributed by atoms with Gasteiger partial charge in [0.05, 0.1) is 46.7 Å². The molecule has 28 heavy (non-hydrogen) atoms. The van der Waals surface area contributed by atoms with Gasteiger partial charge in [-0.3, -0.25) is 14.3 Å². The zero-order valence-electron chi connectivity index (χ0n) is 14.2. The highest BCUT2D eigenvalue weighted by atomic mass is 35.5. The number of halogens is 3. The van der Waals surface area contributed by atoms with Crippen LogP contribution >= 0.6 is 23.2 Å². The molecule has 3 aromatic rings. The summed E-state index contributed by atoms with van der Waals surface area (Å²) >= 11 is 11.7. The highest BCUT2D eigenvalue weighted by Crippen LogP contribution is 2.28. The van der Waals surface area contributed by atoms with Crippen LogP contribution in [-0.2, 0) is 4.74 Å². The van der Waals surface area contributed by atoms with Crippen LogP contribution in [0.3, 0.4) is 0 Å². The molecule has 144 valence electrons. The summed E-state index contributed by atoms with van der Waals surface area (Å²) in [5.41, 5.74) is 0.365. The number of anilines is 1. The first kappa shape index (κ1) is 18.7. The summed E-state index contributed by atoms with van der Waals surface area (Å²) in [5, 5.41) is 6.58. The van der Waals surface area contributed by atoms with Crippen LogP contribution in [-0.4, -0.2) is 39.7 Å². The van der Waals surface area contributed by atoms with E-state index in [1.165, 1.54) is 30.6 Å². The Morgan fingerprint density at radius 3 is 2.75 bits per heavy atom. The van der Waals surface area contributed by atoms with Gasteiger partial charge in [0, 0.05) is 18.0 Å². The van der Waals surface area contributed by atoms with Gasteiger partial charge < -0.3 is 15.0 Å². The molecule has 1 aliphatic rings. The Morgan fingerprint density at radius 2 is 2.04 bits per heavy atom. The van der Waals surface area contributed by atoms with Crippen molar-refractivity contribution in [2.75, 3.05) is 18.5 Å². The number of rotatable bonds is 5.